The number of aromatic nitrogens is 2. The summed E-state index contributed by atoms with van der Waals surface area (Å²) in [6.45, 7) is 7.43. The molecule has 3 heterocycles. The fourth-order valence-electron chi connectivity index (χ4n) is 3.13. The highest BCUT2D eigenvalue weighted by atomic mass is 32.1. The first kappa shape index (κ1) is 16.9. The Hall–Kier alpha value is -1.95. The van der Waals surface area contributed by atoms with Gasteiger partial charge in [-0.15, -0.1) is 11.3 Å². The Morgan fingerprint density at radius 3 is 2.50 bits per heavy atom. The number of aryl methyl sites for hydroxylation is 3. The molecule has 0 spiro atoms. The van der Waals surface area contributed by atoms with Crippen molar-refractivity contribution < 1.29 is 4.79 Å². The van der Waals surface area contributed by atoms with E-state index in [1.54, 1.807) is 12.4 Å². The molecule has 0 saturated carbocycles. The van der Waals surface area contributed by atoms with Gasteiger partial charge in [0.15, 0.2) is 0 Å². The minimum atomic E-state index is 0.272. The smallest absolute Gasteiger partial charge is 0.225 e. The molecule has 2 aromatic rings. The third kappa shape index (κ3) is 4.12. The molecule has 0 N–H and O–H groups in total. The van der Waals surface area contributed by atoms with Crippen LogP contribution in [0, 0.1) is 13.8 Å². The zero-order valence-electron chi connectivity index (χ0n) is 14.4. The predicted octanol–water partition coefficient (Wildman–Crippen LogP) is 2.83. The van der Waals surface area contributed by atoms with Gasteiger partial charge in [-0.05, 0) is 44.4 Å². The highest BCUT2D eigenvalue weighted by Crippen LogP contribution is 2.22. The van der Waals surface area contributed by atoms with Crippen LogP contribution in [0.5, 0.6) is 0 Å². The summed E-state index contributed by atoms with van der Waals surface area (Å²) in [7, 11) is 0. The highest BCUT2D eigenvalue weighted by molar-refractivity contribution is 7.12. The Labute approximate surface area is 147 Å². The number of nitrogens with zero attached hydrogens (tertiary/aromatic N) is 4. The van der Waals surface area contributed by atoms with Crippen molar-refractivity contribution in [3.8, 4) is 0 Å². The molecular formula is C18H24N4OS. The molecule has 6 heteroatoms. The fourth-order valence-corrected chi connectivity index (χ4v) is 4.11. The largest absolute Gasteiger partial charge is 0.339 e. The van der Waals surface area contributed by atoms with Crippen LogP contribution in [-0.2, 0) is 11.2 Å². The van der Waals surface area contributed by atoms with E-state index in [0.717, 1.165) is 45.0 Å². The number of carbonyl (C=O) groups is 1. The monoisotopic (exact) mass is 344 g/mol. The molecule has 0 aromatic carbocycles. The number of hydrogen-bond donors (Lipinski definition) is 0. The van der Waals surface area contributed by atoms with Crippen LogP contribution >= 0.6 is 11.3 Å². The molecule has 1 aliphatic heterocycles. The SMILES string of the molecule is Cc1cc(CCCC(=O)N2CCN(c3ncccn3)CC2)c(C)s1. The van der Waals surface area contributed by atoms with Gasteiger partial charge in [0.25, 0.3) is 0 Å². The second kappa shape index (κ2) is 7.75. The molecule has 128 valence electrons. The lowest BCUT2D eigenvalue weighted by molar-refractivity contribution is -0.131. The number of rotatable bonds is 5. The van der Waals surface area contributed by atoms with E-state index in [0.29, 0.717) is 6.42 Å². The Kier molecular flexibility index (Phi) is 5.45. The van der Waals surface area contributed by atoms with Crippen LogP contribution in [0.25, 0.3) is 0 Å². The maximum atomic E-state index is 12.4. The molecule has 0 atom stereocenters. The molecule has 0 unspecified atom stereocenters. The first-order chi connectivity index (χ1) is 11.6. The number of carbonyl (C=O) groups excluding carboxylic acids is 1. The summed E-state index contributed by atoms with van der Waals surface area (Å²) >= 11 is 1.84. The average molecular weight is 344 g/mol. The summed E-state index contributed by atoms with van der Waals surface area (Å²) in [4.78, 5) is 27.8. The Morgan fingerprint density at radius 2 is 1.88 bits per heavy atom. The minimum absolute atomic E-state index is 0.272. The second-order valence-corrected chi connectivity index (χ2v) is 7.67. The Balaban J connectivity index is 1.43. The number of hydrogen-bond acceptors (Lipinski definition) is 5. The molecule has 1 amide bonds. The molecule has 3 rings (SSSR count). The van der Waals surface area contributed by atoms with Crippen molar-refractivity contribution in [1.29, 1.82) is 0 Å². The van der Waals surface area contributed by atoms with E-state index in [1.807, 2.05) is 22.3 Å². The lowest BCUT2D eigenvalue weighted by Gasteiger charge is -2.34. The van der Waals surface area contributed by atoms with E-state index >= 15 is 0 Å². The van der Waals surface area contributed by atoms with Crippen molar-refractivity contribution in [2.24, 2.45) is 0 Å². The lowest BCUT2D eigenvalue weighted by Crippen LogP contribution is -2.49. The quantitative estimate of drug-likeness (QED) is 0.837. The molecule has 1 aliphatic rings. The summed E-state index contributed by atoms with van der Waals surface area (Å²) in [5, 5.41) is 0. The van der Waals surface area contributed by atoms with Gasteiger partial charge in [0, 0.05) is 54.7 Å². The number of amides is 1. The van der Waals surface area contributed by atoms with Crippen molar-refractivity contribution in [3.05, 3.63) is 39.8 Å². The van der Waals surface area contributed by atoms with E-state index in [9.17, 15) is 4.79 Å². The van der Waals surface area contributed by atoms with Crippen LogP contribution in [0.2, 0.25) is 0 Å². The molecule has 24 heavy (non-hydrogen) atoms. The normalized spacial score (nSPS) is 14.9. The van der Waals surface area contributed by atoms with Crippen LogP contribution in [0.1, 0.15) is 28.2 Å². The molecule has 2 aromatic heterocycles. The van der Waals surface area contributed by atoms with Gasteiger partial charge in [-0.3, -0.25) is 4.79 Å². The van der Waals surface area contributed by atoms with Crippen LogP contribution in [0.3, 0.4) is 0 Å². The Bertz CT molecular complexity index is 678. The summed E-state index contributed by atoms with van der Waals surface area (Å²) in [6, 6.07) is 4.07. The van der Waals surface area contributed by atoms with Crippen molar-refractivity contribution in [2.45, 2.75) is 33.1 Å². The van der Waals surface area contributed by atoms with Gasteiger partial charge in [0.05, 0.1) is 0 Å². The molecule has 1 saturated heterocycles. The van der Waals surface area contributed by atoms with Crippen LogP contribution in [0.15, 0.2) is 24.5 Å². The molecule has 0 radical (unpaired) electrons. The predicted molar refractivity (Wildman–Crippen MR) is 97.6 cm³/mol. The van der Waals surface area contributed by atoms with Crippen molar-refractivity contribution >= 4 is 23.2 Å². The first-order valence-electron chi connectivity index (χ1n) is 8.49. The van der Waals surface area contributed by atoms with Crippen molar-refractivity contribution in [2.75, 3.05) is 31.1 Å². The van der Waals surface area contributed by atoms with E-state index < -0.39 is 0 Å². The number of piperazine rings is 1. The average Bonchev–Trinajstić information content (AvgIpc) is 2.93. The standard InChI is InChI=1S/C18H24N4OS/c1-14-13-16(15(2)24-14)5-3-6-17(23)21-9-11-22(12-10-21)18-19-7-4-8-20-18/h4,7-8,13H,3,5-6,9-12H2,1-2H3. The summed E-state index contributed by atoms with van der Waals surface area (Å²) in [5.74, 6) is 1.03. The maximum absolute atomic E-state index is 12.4. The van der Waals surface area contributed by atoms with Crippen LogP contribution in [0.4, 0.5) is 5.95 Å². The zero-order chi connectivity index (χ0) is 16.9. The van der Waals surface area contributed by atoms with Crippen LogP contribution in [-0.4, -0.2) is 47.0 Å². The molecule has 0 aliphatic carbocycles. The molecule has 5 nitrogen and oxygen atoms in total. The second-order valence-electron chi connectivity index (χ2n) is 6.21. The topological polar surface area (TPSA) is 49.3 Å². The Morgan fingerprint density at radius 1 is 1.17 bits per heavy atom. The first-order valence-corrected chi connectivity index (χ1v) is 9.31. The van der Waals surface area contributed by atoms with Gasteiger partial charge < -0.3 is 9.80 Å². The highest BCUT2D eigenvalue weighted by Gasteiger charge is 2.22. The van der Waals surface area contributed by atoms with Gasteiger partial charge in [-0.1, -0.05) is 0 Å². The molecular weight excluding hydrogens is 320 g/mol. The maximum Gasteiger partial charge on any atom is 0.225 e. The minimum Gasteiger partial charge on any atom is -0.339 e. The van der Waals surface area contributed by atoms with Crippen molar-refractivity contribution in [1.82, 2.24) is 14.9 Å². The van der Waals surface area contributed by atoms with E-state index in [4.69, 9.17) is 0 Å². The molecule has 1 fully saturated rings. The molecule has 0 bridgehead atoms. The van der Waals surface area contributed by atoms with E-state index in [-0.39, 0.29) is 5.91 Å². The van der Waals surface area contributed by atoms with Gasteiger partial charge >= 0.3 is 0 Å². The zero-order valence-corrected chi connectivity index (χ0v) is 15.2. The van der Waals surface area contributed by atoms with E-state index in [2.05, 4.69) is 34.8 Å². The number of anilines is 1. The summed E-state index contributed by atoms with van der Waals surface area (Å²) in [6.07, 6.45) is 6.08. The summed E-state index contributed by atoms with van der Waals surface area (Å²) in [5.41, 5.74) is 1.40. The van der Waals surface area contributed by atoms with Crippen LogP contribution < -0.4 is 4.90 Å². The third-order valence-electron chi connectivity index (χ3n) is 4.45. The van der Waals surface area contributed by atoms with Gasteiger partial charge in [0.1, 0.15) is 0 Å². The summed E-state index contributed by atoms with van der Waals surface area (Å²) < 4.78 is 0. The van der Waals surface area contributed by atoms with Gasteiger partial charge in [-0.2, -0.15) is 0 Å². The van der Waals surface area contributed by atoms with Gasteiger partial charge in [-0.25, -0.2) is 9.97 Å². The fraction of sp³-hybridized carbons (Fsp3) is 0.500. The van der Waals surface area contributed by atoms with Crippen molar-refractivity contribution in [3.63, 3.8) is 0 Å². The van der Waals surface area contributed by atoms with Gasteiger partial charge in [0.2, 0.25) is 11.9 Å². The number of thiophene rings is 1. The third-order valence-corrected chi connectivity index (χ3v) is 5.46. The van der Waals surface area contributed by atoms with E-state index in [1.165, 1.54) is 15.3 Å². The lowest BCUT2D eigenvalue weighted by atomic mass is 10.1.